The number of rotatable bonds is 6. The number of nitrogens with one attached hydrogen (secondary N) is 1. The highest BCUT2D eigenvalue weighted by atomic mass is 16.6. The van der Waals surface area contributed by atoms with Gasteiger partial charge in [-0.25, -0.2) is 0 Å². The van der Waals surface area contributed by atoms with Crippen LogP contribution in [0.5, 0.6) is 0 Å². The first-order valence-corrected chi connectivity index (χ1v) is 10.6. The minimum absolute atomic E-state index is 0.0315. The maximum atomic E-state index is 11.4. The number of esters is 1. The van der Waals surface area contributed by atoms with Crippen molar-refractivity contribution in [2.45, 2.75) is 65.2 Å². The predicted molar refractivity (Wildman–Crippen MR) is 115 cm³/mol. The second kappa shape index (κ2) is 13.3. The summed E-state index contributed by atoms with van der Waals surface area (Å²) in [6, 6.07) is 10.2. The van der Waals surface area contributed by atoms with Crippen LogP contribution in [-0.2, 0) is 25.7 Å². The van der Waals surface area contributed by atoms with Crippen LogP contribution in [0.4, 0.5) is 0 Å². The summed E-state index contributed by atoms with van der Waals surface area (Å²) in [5.41, 5.74) is 5.55. The first-order chi connectivity index (χ1) is 14.1. The Morgan fingerprint density at radius 1 is 1.17 bits per heavy atom. The highest BCUT2D eigenvalue weighted by Gasteiger charge is 2.19. The van der Waals surface area contributed by atoms with Gasteiger partial charge < -0.3 is 14.3 Å². The molecule has 1 N–H and O–H groups in total. The standard InChI is InChI=1S/C24H35NO4/c1-19-13-14-23(29-21(3)26)12-8-5-9-16-28-25-24(19)20(2)15-17-27-18-22-10-6-4-7-11-22/h4,6-7,10-11,13-15,19,23-25H,5,8-9,12,16-18H2,1-3H3/b14-13+,20-15+/t19-,23?,24-/m0/s1. The molecule has 1 aliphatic heterocycles. The molecule has 0 fully saturated rings. The Morgan fingerprint density at radius 3 is 2.72 bits per heavy atom. The fourth-order valence-electron chi connectivity index (χ4n) is 3.35. The monoisotopic (exact) mass is 401 g/mol. The number of ether oxygens (including phenoxy) is 2. The molecule has 5 nitrogen and oxygen atoms in total. The molecule has 0 bridgehead atoms. The van der Waals surface area contributed by atoms with Gasteiger partial charge >= 0.3 is 5.97 Å². The topological polar surface area (TPSA) is 56.8 Å². The van der Waals surface area contributed by atoms with Gasteiger partial charge in [0.05, 0.1) is 25.9 Å². The fourth-order valence-corrected chi connectivity index (χ4v) is 3.35. The van der Waals surface area contributed by atoms with E-state index in [0.29, 0.717) is 19.8 Å². The van der Waals surface area contributed by atoms with Gasteiger partial charge in [-0.2, -0.15) is 5.48 Å². The average Bonchev–Trinajstić information content (AvgIpc) is 2.70. The van der Waals surface area contributed by atoms with Gasteiger partial charge in [-0.1, -0.05) is 61.4 Å². The molecular formula is C24H35NO4. The summed E-state index contributed by atoms with van der Waals surface area (Å²) < 4.78 is 11.2. The Balaban J connectivity index is 1.96. The number of hydrogen-bond acceptors (Lipinski definition) is 5. The quantitative estimate of drug-likeness (QED) is 0.424. The molecule has 2 rings (SSSR count). The zero-order chi connectivity index (χ0) is 20.9. The molecule has 0 radical (unpaired) electrons. The largest absolute Gasteiger partial charge is 0.458 e. The molecule has 0 aliphatic carbocycles. The molecule has 0 saturated carbocycles. The zero-order valence-corrected chi connectivity index (χ0v) is 17.9. The number of hydrogen-bond donors (Lipinski definition) is 1. The lowest BCUT2D eigenvalue weighted by Gasteiger charge is -2.25. The van der Waals surface area contributed by atoms with Gasteiger partial charge in [-0.3, -0.25) is 4.79 Å². The van der Waals surface area contributed by atoms with E-state index in [1.165, 1.54) is 12.5 Å². The Hall–Kier alpha value is -1.95. The van der Waals surface area contributed by atoms with E-state index in [9.17, 15) is 4.79 Å². The lowest BCUT2D eigenvalue weighted by Crippen LogP contribution is -2.36. The van der Waals surface area contributed by atoms with Gasteiger partial charge in [0.2, 0.25) is 0 Å². The molecule has 160 valence electrons. The Bertz CT molecular complexity index is 656. The molecule has 0 saturated heterocycles. The maximum Gasteiger partial charge on any atom is 0.303 e. The minimum Gasteiger partial charge on any atom is -0.458 e. The smallest absolute Gasteiger partial charge is 0.303 e. The van der Waals surface area contributed by atoms with Crippen molar-refractivity contribution >= 4 is 5.97 Å². The molecule has 1 aromatic rings. The summed E-state index contributed by atoms with van der Waals surface area (Å²) in [5.74, 6) is -0.0538. The molecule has 3 atom stereocenters. The zero-order valence-electron chi connectivity index (χ0n) is 17.9. The lowest BCUT2D eigenvalue weighted by molar-refractivity contribution is -0.144. The number of hydroxylamine groups is 1. The third-order valence-corrected chi connectivity index (χ3v) is 5.04. The van der Waals surface area contributed by atoms with Crippen molar-refractivity contribution in [2.24, 2.45) is 5.92 Å². The van der Waals surface area contributed by atoms with Crippen molar-refractivity contribution in [3.8, 4) is 0 Å². The van der Waals surface area contributed by atoms with Crippen molar-refractivity contribution < 1.29 is 19.1 Å². The molecule has 5 heteroatoms. The molecule has 0 aromatic heterocycles. The highest BCUT2D eigenvalue weighted by molar-refractivity contribution is 5.66. The summed E-state index contributed by atoms with van der Waals surface area (Å²) in [5, 5.41) is 0. The van der Waals surface area contributed by atoms with E-state index >= 15 is 0 Å². The van der Waals surface area contributed by atoms with E-state index in [0.717, 1.165) is 31.3 Å². The predicted octanol–water partition coefficient (Wildman–Crippen LogP) is 4.74. The van der Waals surface area contributed by atoms with Crippen molar-refractivity contribution in [2.75, 3.05) is 13.2 Å². The molecule has 1 aromatic carbocycles. The third kappa shape index (κ3) is 9.39. The molecule has 0 amide bonds. The average molecular weight is 402 g/mol. The number of benzene rings is 1. The van der Waals surface area contributed by atoms with Gasteiger partial charge in [-0.05, 0) is 43.7 Å². The van der Waals surface area contributed by atoms with E-state index in [4.69, 9.17) is 14.3 Å². The van der Waals surface area contributed by atoms with E-state index in [1.807, 2.05) is 24.3 Å². The van der Waals surface area contributed by atoms with Crippen LogP contribution in [0.1, 0.15) is 52.0 Å². The molecule has 1 aliphatic rings. The van der Waals surface area contributed by atoms with Crippen LogP contribution in [0.2, 0.25) is 0 Å². The molecule has 29 heavy (non-hydrogen) atoms. The minimum atomic E-state index is -0.232. The molecule has 1 heterocycles. The van der Waals surface area contributed by atoms with Crippen LogP contribution >= 0.6 is 0 Å². The summed E-state index contributed by atoms with van der Waals surface area (Å²) >= 11 is 0. The third-order valence-electron chi connectivity index (χ3n) is 5.04. The van der Waals surface area contributed by atoms with Gasteiger partial charge in [0.1, 0.15) is 6.10 Å². The maximum absolute atomic E-state index is 11.4. The summed E-state index contributed by atoms with van der Waals surface area (Å²) in [4.78, 5) is 17.1. The lowest BCUT2D eigenvalue weighted by atomic mass is 9.94. The van der Waals surface area contributed by atoms with Gasteiger partial charge in [0, 0.05) is 6.92 Å². The van der Waals surface area contributed by atoms with Gasteiger partial charge in [-0.15, -0.1) is 0 Å². The number of carbonyl (C=O) groups is 1. The van der Waals surface area contributed by atoms with Crippen LogP contribution in [-0.4, -0.2) is 31.3 Å². The van der Waals surface area contributed by atoms with Crippen molar-refractivity contribution in [1.82, 2.24) is 5.48 Å². The highest BCUT2D eigenvalue weighted by Crippen LogP contribution is 2.18. The Kier molecular flexibility index (Phi) is 10.7. The summed E-state index contributed by atoms with van der Waals surface area (Å²) in [6.07, 6.45) is 9.96. The van der Waals surface area contributed by atoms with Crippen LogP contribution in [0.15, 0.2) is 54.1 Å². The Morgan fingerprint density at radius 2 is 1.97 bits per heavy atom. The van der Waals surface area contributed by atoms with Crippen LogP contribution in [0.25, 0.3) is 0 Å². The van der Waals surface area contributed by atoms with Crippen molar-refractivity contribution in [3.63, 3.8) is 0 Å². The second-order valence-electron chi connectivity index (χ2n) is 7.63. The first kappa shape index (κ1) is 23.3. The van der Waals surface area contributed by atoms with E-state index in [-0.39, 0.29) is 24.0 Å². The van der Waals surface area contributed by atoms with Crippen LogP contribution in [0, 0.1) is 5.92 Å². The molecule has 0 spiro atoms. The van der Waals surface area contributed by atoms with Crippen molar-refractivity contribution in [1.29, 1.82) is 0 Å². The van der Waals surface area contributed by atoms with Gasteiger partial charge in [0.15, 0.2) is 0 Å². The van der Waals surface area contributed by atoms with Crippen molar-refractivity contribution in [3.05, 3.63) is 59.7 Å². The van der Waals surface area contributed by atoms with Crippen LogP contribution in [0.3, 0.4) is 0 Å². The fraction of sp³-hybridized carbons (Fsp3) is 0.542. The summed E-state index contributed by atoms with van der Waals surface area (Å²) in [6.45, 7) is 7.50. The van der Waals surface area contributed by atoms with E-state index in [2.05, 4.69) is 43.6 Å². The molecule has 1 unspecified atom stereocenters. The van der Waals surface area contributed by atoms with E-state index < -0.39 is 0 Å². The van der Waals surface area contributed by atoms with Gasteiger partial charge in [0.25, 0.3) is 0 Å². The summed E-state index contributed by atoms with van der Waals surface area (Å²) in [7, 11) is 0. The number of carbonyl (C=O) groups excluding carboxylic acids is 1. The van der Waals surface area contributed by atoms with E-state index in [1.54, 1.807) is 0 Å². The molecular weight excluding hydrogens is 366 g/mol. The SMILES string of the molecule is CC(=O)OC1/C=C/[C@H](C)[C@@H](/C(C)=C/COCc2ccccc2)NOCCCCC1. The normalized spacial score (nSPS) is 25.5. The second-order valence-corrected chi connectivity index (χ2v) is 7.63. The first-order valence-electron chi connectivity index (χ1n) is 10.6. The Labute approximate surface area is 175 Å². The van der Waals surface area contributed by atoms with Crippen LogP contribution < -0.4 is 5.48 Å².